The molecule has 0 fully saturated rings. The summed E-state index contributed by atoms with van der Waals surface area (Å²) < 4.78 is 33.9. The Morgan fingerprint density at radius 1 is 1.22 bits per heavy atom. The lowest BCUT2D eigenvalue weighted by atomic mass is 10.1. The number of methoxy groups -OCH3 is 1. The highest BCUT2D eigenvalue weighted by atomic mass is 19.3. The molecule has 0 atom stereocenters. The van der Waals surface area contributed by atoms with Crippen LogP contribution in [0, 0.1) is 0 Å². The average Bonchev–Trinajstić information content (AvgIpc) is 2.34. The minimum absolute atomic E-state index is 0.0838. The van der Waals surface area contributed by atoms with E-state index in [1.165, 1.54) is 7.11 Å². The van der Waals surface area contributed by atoms with Gasteiger partial charge in [-0.25, -0.2) is 0 Å². The molecule has 0 spiro atoms. The van der Waals surface area contributed by atoms with Crippen molar-refractivity contribution in [2.75, 3.05) is 20.2 Å². The van der Waals surface area contributed by atoms with Crippen LogP contribution in [0.2, 0.25) is 0 Å². The molecule has 0 aromatic heterocycles. The molecule has 0 radical (unpaired) electrons. The molecule has 0 heterocycles. The summed E-state index contributed by atoms with van der Waals surface area (Å²) in [4.78, 5) is 0. The summed E-state index contributed by atoms with van der Waals surface area (Å²) in [5.41, 5.74) is 0.940. The largest absolute Gasteiger partial charge is 0.493 e. The average molecular weight is 259 g/mol. The highest BCUT2D eigenvalue weighted by Gasteiger charge is 2.10. The van der Waals surface area contributed by atoms with Crippen LogP contribution in [0.5, 0.6) is 11.5 Å². The summed E-state index contributed by atoms with van der Waals surface area (Å²) in [7, 11) is 1.43. The van der Waals surface area contributed by atoms with E-state index in [0.717, 1.165) is 31.5 Å². The van der Waals surface area contributed by atoms with Gasteiger partial charge in [-0.15, -0.1) is 0 Å². The quantitative estimate of drug-likeness (QED) is 0.728. The van der Waals surface area contributed by atoms with Gasteiger partial charge in [0.15, 0.2) is 11.5 Å². The molecule has 0 aliphatic rings. The fourth-order valence-electron chi connectivity index (χ4n) is 1.60. The van der Waals surface area contributed by atoms with Gasteiger partial charge < -0.3 is 14.8 Å². The van der Waals surface area contributed by atoms with Gasteiger partial charge in [-0.2, -0.15) is 8.78 Å². The molecule has 5 heteroatoms. The van der Waals surface area contributed by atoms with Gasteiger partial charge in [0.2, 0.25) is 0 Å². The Morgan fingerprint density at radius 3 is 2.61 bits per heavy atom. The molecule has 0 unspecified atom stereocenters. The monoisotopic (exact) mass is 259 g/mol. The smallest absolute Gasteiger partial charge is 0.387 e. The van der Waals surface area contributed by atoms with E-state index >= 15 is 0 Å². The van der Waals surface area contributed by atoms with E-state index in [9.17, 15) is 8.78 Å². The van der Waals surface area contributed by atoms with Gasteiger partial charge in [0.05, 0.1) is 7.11 Å². The second-order valence-corrected chi connectivity index (χ2v) is 3.86. The molecule has 0 saturated carbocycles. The second-order valence-electron chi connectivity index (χ2n) is 3.86. The highest BCUT2D eigenvalue weighted by molar-refractivity contribution is 5.43. The molecular weight excluding hydrogens is 240 g/mol. The predicted octanol–water partition coefficient (Wildman–Crippen LogP) is 2.84. The maximum atomic E-state index is 12.2. The first-order chi connectivity index (χ1) is 8.67. The fraction of sp³-hybridized carbons (Fsp3) is 0.538. The number of nitrogens with one attached hydrogen (secondary N) is 1. The van der Waals surface area contributed by atoms with Crippen LogP contribution in [0.25, 0.3) is 0 Å². The number of rotatable bonds is 8. The van der Waals surface area contributed by atoms with Crippen molar-refractivity contribution in [3.05, 3.63) is 23.8 Å². The molecular formula is C13H19F2NO2. The number of hydrogen-bond acceptors (Lipinski definition) is 3. The van der Waals surface area contributed by atoms with Crippen LogP contribution in [-0.2, 0) is 6.42 Å². The van der Waals surface area contributed by atoms with Crippen molar-refractivity contribution < 1.29 is 18.3 Å². The summed E-state index contributed by atoms with van der Waals surface area (Å²) in [6, 6.07) is 5.09. The summed E-state index contributed by atoms with van der Waals surface area (Å²) in [5, 5.41) is 3.25. The van der Waals surface area contributed by atoms with Gasteiger partial charge in [-0.1, -0.05) is 13.0 Å². The lowest BCUT2D eigenvalue weighted by molar-refractivity contribution is -0.0512. The maximum Gasteiger partial charge on any atom is 0.387 e. The topological polar surface area (TPSA) is 30.5 Å². The third kappa shape index (κ3) is 4.87. The van der Waals surface area contributed by atoms with E-state index in [-0.39, 0.29) is 5.75 Å². The standard InChI is InChI=1S/C13H19F2NO2/c1-3-7-16-8-6-10-4-5-11(17-2)12(9-10)18-13(14)15/h4-5,9,13,16H,3,6-8H2,1-2H3. The molecule has 1 aromatic rings. The normalized spacial score (nSPS) is 10.7. The second kappa shape index (κ2) is 7.87. The minimum Gasteiger partial charge on any atom is -0.493 e. The van der Waals surface area contributed by atoms with Gasteiger partial charge in [0.1, 0.15) is 0 Å². The first-order valence-electron chi connectivity index (χ1n) is 5.99. The molecule has 3 nitrogen and oxygen atoms in total. The Bertz CT molecular complexity index is 359. The third-order valence-electron chi connectivity index (χ3n) is 2.46. The van der Waals surface area contributed by atoms with Crippen molar-refractivity contribution >= 4 is 0 Å². The third-order valence-corrected chi connectivity index (χ3v) is 2.46. The molecule has 18 heavy (non-hydrogen) atoms. The van der Waals surface area contributed by atoms with Crippen molar-refractivity contribution in [3.63, 3.8) is 0 Å². The van der Waals surface area contributed by atoms with Crippen molar-refractivity contribution in [3.8, 4) is 11.5 Å². The molecule has 102 valence electrons. The number of hydrogen-bond donors (Lipinski definition) is 1. The van der Waals surface area contributed by atoms with Crippen LogP contribution in [0.15, 0.2) is 18.2 Å². The Morgan fingerprint density at radius 2 is 2.00 bits per heavy atom. The molecule has 1 rings (SSSR count). The Labute approximate surface area is 106 Å². The molecule has 0 bridgehead atoms. The van der Waals surface area contributed by atoms with Crippen LogP contribution in [-0.4, -0.2) is 26.8 Å². The van der Waals surface area contributed by atoms with E-state index < -0.39 is 6.61 Å². The zero-order valence-corrected chi connectivity index (χ0v) is 10.7. The van der Waals surface area contributed by atoms with Gasteiger partial charge in [0, 0.05) is 0 Å². The number of halogens is 2. The summed E-state index contributed by atoms with van der Waals surface area (Å²) >= 11 is 0. The zero-order valence-electron chi connectivity index (χ0n) is 10.7. The lowest BCUT2D eigenvalue weighted by Gasteiger charge is -2.11. The van der Waals surface area contributed by atoms with Crippen molar-refractivity contribution in [2.45, 2.75) is 26.4 Å². The molecule has 0 aliphatic carbocycles. The lowest BCUT2D eigenvalue weighted by Crippen LogP contribution is -2.17. The number of alkyl halides is 2. The van der Waals surface area contributed by atoms with Crippen LogP contribution in [0.3, 0.4) is 0 Å². The first-order valence-corrected chi connectivity index (χ1v) is 5.99. The van der Waals surface area contributed by atoms with Crippen molar-refractivity contribution in [1.82, 2.24) is 5.32 Å². The Balaban J connectivity index is 2.63. The number of ether oxygens (including phenoxy) is 2. The zero-order chi connectivity index (χ0) is 13.4. The van der Waals surface area contributed by atoms with E-state index in [4.69, 9.17) is 4.74 Å². The fourth-order valence-corrected chi connectivity index (χ4v) is 1.60. The highest BCUT2D eigenvalue weighted by Crippen LogP contribution is 2.29. The minimum atomic E-state index is -2.84. The maximum absolute atomic E-state index is 12.2. The summed E-state index contributed by atoms with van der Waals surface area (Å²) in [6.07, 6.45) is 1.84. The van der Waals surface area contributed by atoms with Gasteiger partial charge >= 0.3 is 6.61 Å². The molecule has 1 aromatic carbocycles. The van der Waals surface area contributed by atoms with Crippen molar-refractivity contribution in [2.24, 2.45) is 0 Å². The molecule has 1 N–H and O–H groups in total. The van der Waals surface area contributed by atoms with E-state index in [1.54, 1.807) is 12.1 Å². The van der Waals surface area contributed by atoms with Crippen LogP contribution in [0.1, 0.15) is 18.9 Å². The Hall–Kier alpha value is -1.36. The summed E-state index contributed by atoms with van der Waals surface area (Å²) in [6.45, 7) is 1.02. The summed E-state index contributed by atoms with van der Waals surface area (Å²) in [5.74, 6) is 0.404. The molecule has 0 saturated heterocycles. The Kier molecular flexibility index (Phi) is 6.43. The van der Waals surface area contributed by atoms with E-state index in [2.05, 4.69) is 17.0 Å². The van der Waals surface area contributed by atoms with Gasteiger partial charge in [0.25, 0.3) is 0 Å². The van der Waals surface area contributed by atoms with Crippen LogP contribution < -0.4 is 14.8 Å². The number of benzene rings is 1. The van der Waals surface area contributed by atoms with Crippen molar-refractivity contribution in [1.29, 1.82) is 0 Å². The SMILES string of the molecule is CCCNCCc1ccc(OC)c(OC(F)F)c1. The van der Waals surface area contributed by atoms with E-state index in [0.29, 0.717) is 5.75 Å². The predicted molar refractivity (Wildman–Crippen MR) is 66.5 cm³/mol. The van der Waals surface area contributed by atoms with Crippen LogP contribution >= 0.6 is 0 Å². The molecule has 0 amide bonds. The van der Waals surface area contributed by atoms with Gasteiger partial charge in [-0.05, 0) is 43.6 Å². The molecule has 0 aliphatic heterocycles. The van der Waals surface area contributed by atoms with Gasteiger partial charge in [-0.3, -0.25) is 0 Å². The first kappa shape index (κ1) is 14.7. The van der Waals surface area contributed by atoms with Crippen LogP contribution in [0.4, 0.5) is 8.78 Å². The van der Waals surface area contributed by atoms with E-state index in [1.807, 2.05) is 6.07 Å².